The second kappa shape index (κ2) is 8.37. The van der Waals surface area contributed by atoms with Crippen LogP contribution in [-0.2, 0) is 11.3 Å². The van der Waals surface area contributed by atoms with Crippen molar-refractivity contribution in [2.75, 3.05) is 13.2 Å². The Morgan fingerprint density at radius 1 is 0.862 bits per heavy atom. The third-order valence-electron chi connectivity index (χ3n) is 4.45. The SMILES string of the molecule is O=C(OCc1cccc(Cl)c1)c1ccccc1C(=O)c1ccc2c(c1)OCCO2. The molecule has 0 saturated carbocycles. The lowest BCUT2D eigenvalue weighted by Crippen LogP contribution is -2.16. The van der Waals surface area contributed by atoms with Crippen molar-refractivity contribution in [3.63, 3.8) is 0 Å². The van der Waals surface area contributed by atoms with Gasteiger partial charge in [0, 0.05) is 16.1 Å². The molecule has 5 nitrogen and oxygen atoms in total. The third-order valence-corrected chi connectivity index (χ3v) is 4.69. The van der Waals surface area contributed by atoms with Crippen molar-refractivity contribution in [3.05, 3.63) is 94.0 Å². The minimum atomic E-state index is -0.577. The van der Waals surface area contributed by atoms with Gasteiger partial charge in [-0.25, -0.2) is 4.79 Å². The highest BCUT2D eigenvalue weighted by Gasteiger charge is 2.21. The maximum Gasteiger partial charge on any atom is 0.339 e. The zero-order chi connectivity index (χ0) is 20.2. The number of halogens is 1. The van der Waals surface area contributed by atoms with E-state index in [9.17, 15) is 9.59 Å². The Kier molecular flexibility index (Phi) is 5.49. The van der Waals surface area contributed by atoms with Crippen LogP contribution >= 0.6 is 11.6 Å². The Morgan fingerprint density at radius 3 is 2.41 bits per heavy atom. The van der Waals surface area contributed by atoms with E-state index < -0.39 is 5.97 Å². The van der Waals surface area contributed by atoms with E-state index >= 15 is 0 Å². The number of hydrogen-bond donors (Lipinski definition) is 0. The summed E-state index contributed by atoms with van der Waals surface area (Å²) in [5.74, 6) is 0.244. The molecular formula is C23H17ClO5. The van der Waals surface area contributed by atoms with Crippen LogP contribution < -0.4 is 9.47 Å². The zero-order valence-corrected chi connectivity index (χ0v) is 16.1. The third kappa shape index (κ3) is 4.25. The van der Waals surface area contributed by atoms with Crippen LogP contribution in [0.2, 0.25) is 5.02 Å². The fraction of sp³-hybridized carbons (Fsp3) is 0.130. The first-order valence-corrected chi connectivity index (χ1v) is 9.44. The lowest BCUT2D eigenvalue weighted by atomic mass is 9.98. The van der Waals surface area contributed by atoms with Crippen molar-refractivity contribution in [2.24, 2.45) is 0 Å². The van der Waals surface area contributed by atoms with Crippen LogP contribution in [0.1, 0.15) is 31.8 Å². The van der Waals surface area contributed by atoms with Crippen LogP contribution in [-0.4, -0.2) is 25.0 Å². The molecule has 0 spiro atoms. The standard InChI is InChI=1S/C23H17ClO5/c24-17-5-3-4-15(12-17)14-29-23(26)19-7-2-1-6-18(19)22(25)16-8-9-20-21(13-16)28-11-10-27-20/h1-9,12-13H,10-11,14H2. The molecule has 0 saturated heterocycles. The molecule has 3 aromatic carbocycles. The van der Waals surface area contributed by atoms with Crippen molar-refractivity contribution in [1.82, 2.24) is 0 Å². The highest BCUT2D eigenvalue weighted by molar-refractivity contribution is 6.30. The number of hydrogen-bond acceptors (Lipinski definition) is 5. The second-order valence-corrected chi connectivity index (χ2v) is 6.88. The normalized spacial score (nSPS) is 12.3. The highest BCUT2D eigenvalue weighted by Crippen LogP contribution is 2.31. The summed E-state index contributed by atoms with van der Waals surface area (Å²) in [6.07, 6.45) is 0. The van der Waals surface area contributed by atoms with Crippen LogP contribution in [0, 0.1) is 0 Å². The molecule has 0 unspecified atom stereocenters. The van der Waals surface area contributed by atoms with Gasteiger partial charge in [0.2, 0.25) is 0 Å². The Hall–Kier alpha value is -3.31. The van der Waals surface area contributed by atoms with Crippen molar-refractivity contribution < 1.29 is 23.8 Å². The largest absolute Gasteiger partial charge is 0.486 e. The minimum absolute atomic E-state index is 0.0615. The first-order chi connectivity index (χ1) is 14.1. The summed E-state index contributed by atoms with van der Waals surface area (Å²) in [4.78, 5) is 25.7. The molecule has 6 heteroatoms. The fourth-order valence-electron chi connectivity index (χ4n) is 3.05. The Balaban J connectivity index is 1.56. The summed E-state index contributed by atoms with van der Waals surface area (Å²) < 4.78 is 16.4. The first kappa shape index (κ1) is 19.0. The number of rotatable bonds is 5. The molecule has 0 N–H and O–H groups in total. The molecule has 1 heterocycles. The van der Waals surface area contributed by atoms with Gasteiger partial charge in [-0.2, -0.15) is 0 Å². The first-order valence-electron chi connectivity index (χ1n) is 9.07. The lowest BCUT2D eigenvalue weighted by Gasteiger charge is -2.18. The molecule has 1 aliphatic rings. The predicted molar refractivity (Wildman–Crippen MR) is 108 cm³/mol. The number of esters is 1. The number of fused-ring (bicyclic) bond motifs is 1. The number of carbonyl (C=O) groups excluding carboxylic acids is 2. The maximum atomic E-state index is 13.1. The maximum absolute atomic E-state index is 13.1. The van der Waals surface area contributed by atoms with Crippen LogP contribution in [0.5, 0.6) is 11.5 Å². The summed E-state index contributed by atoms with van der Waals surface area (Å²) >= 11 is 5.96. The molecule has 0 bridgehead atoms. The molecule has 146 valence electrons. The van der Waals surface area contributed by atoms with Gasteiger partial charge in [0.15, 0.2) is 17.3 Å². The summed E-state index contributed by atoms with van der Waals surface area (Å²) in [5, 5.41) is 0.563. The van der Waals surface area contributed by atoms with Crippen molar-refractivity contribution in [3.8, 4) is 11.5 Å². The summed E-state index contributed by atoms with van der Waals surface area (Å²) in [7, 11) is 0. The minimum Gasteiger partial charge on any atom is -0.486 e. The highest BCUT2D eigenvalue weighted by atomic mass is 35.5. The van der Waals surface area contributed by atoms with E-state index in [1.807, 2.05) is 6.07 Å². The van der Waals surface area contributed by atoms with E-state index in [-0.39, 0.29) is 23.5 Å². The molecule has 0 aliphatic carbocycles. The molecule has 3 aromatic rings. The fourth-order valence-corrected chi connectivity index (χ4v) is 3.27. The molecule has 0 atom stereocenters. The summed E-state index contributed by atoms with van der Waals surface area (Å²) in [6.45, 7) is 0.963. The Bertz CT molecular complexity index is 1080. The predicted octanol–water partition coefficient (Wildman–Crippen LogP) is 4.70. The second-order valence-electron chi connectivity index (χ2n) is 6.44. The van der Waals surface area contributed by atoms with Crippen molar-refractivity contribution in [2.45, 2.75) is 6.61 Å². The van der Waals surface area contributed by atoms with E-state index in [0.29, 0.717) is 35.3 Å². The van der Waals surface area contributed by atoms with Crippen LogP contribution in [0.25, 0.3) is 0 Å². The van der Waals surface area contributed by atoms with E-state index in [0.717, 1.165) is 5.56 Å². The average Bonchev–Trinajstić information content (AvgIpc) is 2.76. The van der Waals surface area contributed by atoms with E-state index in [1.54, 1.807) is 60.7 Å². The van der Waals surface area contributed by atoms with Gasteiger partial charge in [0.25, 0.3) is 0 Å². The van der Waals surface area contributed by atoms with Gasteiger partial charge in [0.1, 0.15) is 19.8 Å². The molecule has 1 aliphatic heterocycles. The van der Waals surface area contributed by atoms with Gasteiger partial charge in [-0.15, -0.1) is 0 Å². The number of carbonyl (C=O) groups is 2. The number of ether oxygens (including phenoxy) is 3. The van der Waals surface area contributed by atoms with Crippen LogP contribution in [0.4, 0.5) is 0 Å². The van der Waals surface area contributed by atoms with Crippen LogP contribution in [0.15, 0.2) is 66.7 Å². The monoisotopic (exact) mass is 408 g/mol. The molecule has 0 aromatic heterocycles. The Morgan fingerprint density at radius 2 is 1.62 bits per heavy atom. The van der Waals surface area contributed by atoms with Gasteiger partial charge in [-0.05, 0) is 42.0 Å². The van der Waals surface area contributed by atoms with E-state index in [2.05, 4.69) is 0 Å². The Labute approximate surface area is 172 Å². The van der Waals surface area contributed by atoms with Crippen molar-refractivity contribution >= 4 is 23.4 Å². The average molecular weight is 409 g/mol. The van der Waals surface area contributed by atoms with Gasteiger partial charge < -0.3 is 14.2 Å². The number of benzene rings is 3. The van der Waals surface area contributed by atoms with Gasteiger partial charge in [-0.3, -0.25) is 4.79 Å². The van der Waals surface area contributed by atoms with E-state index in [1.165, 1.54) is 0 Å². The quantitative estimate of drug-likeness (QED) is 0.452. The molecular weight excluding hydrogens is 392 g/mol. The van der Waals surface area contributed by atoms with Gasteiger partial charge in [-0.1, -0.05) is 41.9 Å². The number of ketones is 1. The molecule has 0 fully saturated rings. The van der Waals surface area contributed by atoms with Crippen molar-refractivity contribution in [1.29, 1.82) is 0 Å². The molecule has 0 amide bonds. The zero-order valence-electron chi connectivity index (χ0n) is 15.4. The topological polar surface area (TPSA) is 61.8 Å². The van der Waals surface area contributed by atoms with Gasteiger partial charge in [0.05, 0.1) is 5.56 Å². The molecule has 4 rings (SSSR count). The molecule has 0 radical (unpaired) electrons. The van der Waals surface area contributed by atoms with Crippen LogP contribution in [0.3, 0.4) is 0 Å². The van der Waals surface area contributed by atoms with Gasteiger partial charge >= 0.3 is 5.97 Å². The molecule has 29 heavy (non-hydrogen) atoms. The lowest BCUT2D eigenvalue weighted by molar-refractivity contribution is 0.0470. The summed E-state index contributed by atoms with van der Waals surface area (Å²) in [6, 6.07) is 18.6. The van der Waals surface area contributed by atoms with E-state index in [4.69, 9.17) is 25.8 Å². The summed E-state index contributed by atoms with van der Waals surface area (Å²) in [5.41, 5.74) is 1.64. The smallest absolute Gasteiger partial charge is 0.339 e.